The number of fused-ring (bicyclic) bond motifs is 1. The van der Waals surface area contributed by atoms with E-state index in [2.05, 4.69) is 11.9 Å². The van der Waals surface area contributed by atoms with Crippen molar-refractivity contribution in [2.75, 3.05) is 0 Å². The first-order valence-corrected chi connectivity index (χ1v) is 6.72. The Labute approximate surface area is 117 Å². The molecule has 2 aromatic heterocycles. The van der Waals surface area contributed by atoms with Crippen LogP contribution < -0.4 is 0 Å². The van der Waals surface area contributed by atoms with E-state index in [4.69, 9.17) is 16.0 Å². The Bertz CT molecular complexity index is 644. The maximum atomic E-state index is 6.55. The molecular weight excluding hydrogens is 258 g/mol. The summed E-state index contributed by atoms with van der Waals surface area (Å²) < 4.78 is 5.82. The Morgan fingerprint density at radius 1 is 1.11 bits per heavy atom. The normalized spacial score (nSPS) is 14.4. The second kappa shape index (κ2) is 5.06. The van der Waals surface area contributed by atoms with Gasteiger partial charge in [-0.3, -0.25) is 4.98 Å². The molecule has 3 heteroatoms. The summed E-state index contributed by atoms with van der Waals surface area (Å²) in [5.41, 5.74) is 2.04. The minimum Gasteiger partial charge on any atom is -0.459 e. The van der Waals surface area contributed by atoms with E-state index in [1.165, 1.54) is 0 Å². The number of para-hydroxylation sites is 1. The first kappa shape index (κ1) is 12.2. The van der Waals surface area contributed by atoms with Gasteiger partial charge in [0.2, 0.25) is 0 Å². The van der Waals surface area contributed by atoms with Gasteiger partial charge in [-0.2, -0.15) is 0 Å². The lowest BCUT2D eigenvalue weighted by atomic mass is 9.97. The molecule has 0 bridgehead atoms. The summed E-state index contributed by atoms with van der Waals surface area (Å²) in [5.74, 6) is 0.984. The second-order valence-electron chi connectivity index (χ2n) is 4.66. The number of pyridine rings is 1. The standard InChI is InChI=1S/C16H14ClNO/c1-11(12-6-8-18-9-7-12)16(17)15-10-13-4-2-3-5-14(13)19-15/h2-11,16H,1H3. The number of aromatic nitrogens is 1. The number of furan rings is 1. The van der Waals surface area contributed by atoms with Crippen LogP contribution in [0, 0.1) is 0 Å². The fourth-order valence-corrected chi connectivity index (χ4v) is 2.47. The van der Waals surface area contributed by atoms with Crippen molar-refractivity contribution in [3.63, 3.8) is 0 Å². The number of benzene rings is 1. The first-order chi connectivity index (χ1) is 9.25. The molecule has 0 spiro atoms. The highest BCUT2D eigenvalue weighted by atomic mass is 35.5. The summed E-state index contributed by atoms with van der Waals surface area (Å²) in [6, 6.07) is 13.9. The molecule has 2 heterocycles. The third kappa shape index (κ3) is 2.36. The van der Waals surface area contributed by atoms with E-state index in [-0.39, 0.29) is 11.3 Å². The van der Waals surface area contributed by atoms with E-state index >= 15 is 0 Å². The maximum Gasteiger partial charge on any atom is 0.134 e. The minimum absolute atomic E-state index is 0.172. The molecule has 0 aliphatic carbocycles. The van der Waals surface area contributed by atoms with Crippen LogP contribution in [0.1, 0.15) is 29.5 Å². The van der Waals surface area contributed by atoms with E-state index in [9.17, 15) is 0 Å². The Kier molecular flexibility index (Phi) is 3.26. The first-order valence-electron chi connectivity index (χ1n) is 6.28. The smallest absolute Gasteiger partial charge is 0.134 e. The van der Waals surface area contributed by atoms with Gasteiger partial charge in [-0.15, -0.1) is 11.6 Å². The number of hydrogen-bond donors (Lipinski definition) is 0. The van der Waals surface area contributed by atoms with E-state index < -0.39 is 0 Å². The third-order valence-electron chi connectivity index (χ3n) is 3.39. The Hall–Kier alpha value is -1.80. The van der Waals surface area contributed by atoms with Crippen molar-refractivity contribution < 1.29 is 4.42 Å². The number of halogens is 1. The molecule has 0 amide bonds. The molecule has 2 nitrogen and oxygen atoms in total. The molecule has 3 aromatic rings. The fourth-order valence-electron chi connectivity index (χ4n) is 2.22. The van der Waals surface area contributed by atoms with Crippen LogP contribution in [0.25, 0.3) is 11.0 Å². The molecule has 0 radical (unpaired) electrons. The zero-order valence-electron chi connectivity index (χ0n) is 10.6. The van der Waals surface area contributed by atoms with Gasteiger partial charge in [0, 0.05) is 23.7 Å². The van der Waals surface area contributed by atoms with Gasteiger partial charge in [-0.1, -0.05) is 25.1 Å². The molecule has 3 rings (SSSR count). The lowest BCUT2D eigenvalue weighted by Gasteiger charge is -2.15. The molecule has 2 atom stereocenters. The molecule has 0 aliphatic rings. The largest absolute Gasteiger partial charge is 0.459 e. The third-order valence-corrected chi connectivity index (χ3v) is 3.98. The van der Waals surface area contributed by atoms with Crippen LogP contribution in [0.15, 0.2) is 59.3 Å². The molecule has 0 fully saturated rings. The summed E-state index contributed by atoms with van der Waals surface area (Å²) in [5, 5.41) is 0.903. The molecular formula is C16H14ClNO. The molecule has 1 aromatic carbocycles. The summed E-state index contributed by atoms with van der Waals surface area (Å²) in [4.78, 5) is 4.03. The summed E-state index contributed by atoms with van der Waals surface area (Å²) >= 11 is 6.55. The summed E-state index contributed by atoms with van der Waals surface area (Å²) in [6.07, 6.45) is 3.57. The van der Waals surface area contributed by atoms with Gasteiger partial charge in [0.15, 0.2) is 0 Å². The van der Waals surface area contributed by atoms with Crippen molar-refractivity contribution in [3.05, 3.63) is 66.2 Å². The van der Waals surface area contributed by atoms with Crippen LogP contribution in [0.2, 0.25) is 0 Å². The quantitative estimate of drug-likeness (QED) is 0.633. The molecule has 19 heavy (non-hydrogen) atoms. The van der Waals surface area contributed by atoms with Gasteiger partial charge in [0.05, 0.1) is 5.38 Å². The van der Waals surface area contributed by atoms with Gasteiger partial charge in [-0.05, 0) is 29.8 Å². The van der Waals surface area contributed by atoms with Crippen molar-refractivity contribution in [2.45, 2.75) is 18.2 Å². The zero-order chi connectivity index (χ0) is 13.2. The zero-order valence-corrected chi connectivity index (χ0v) is 11.3. The Morgan fingerprint density at radius 3 is 2.58 bits per heavy atom. The number of hydrogen-bond acceptors (Lipinski definition) is 2. The topological polar surface area (TPSA) is 26.0 Å². The van der Waals surface area contributed by atoms with E-state index in [0.717, 1.165) is 22.3 Å². The van der Waals surface area contributed by atoms with Crippen LogP contribution in [0.3, 0.4) is 0 Å². The lowest BCUT2D eigenvalue weighted by molar-refractivity contribution is 0.516. The highest BCUT2D eigenvalue weighted by Crippen LogP contribution is 2.38. The Balaban J connectivity index is 1.93. The van der Waals surface area contributed by atoms with E-state index in [1.54, 1.807) is 12.4 Å². The average molecular weight is 272 g/mol. The van der Waals surface area contributed by atoms with Crippen molar-refractivity contribution in [1.29, 1.82) is 0 Å². The second-order valence-corrected chi connectivity index (χ2v) is 5.13. The van der Waals surface area contributed by atoms with Crippen LogP contribution >= 0.6 is 11.6 Å². The number of rotatable bonds is 3. The van der Waals surface area contributed by atoms with E-state index in [1.807, 2.05) is 42.5 Å². The monoisotopic (exact) mass is 271 g/mol. The van der Waals surface area contributed by atoms with Crippen LogP contribution in [-0.4, -0.2) is 4.98 Å². The predicted octanol–water partition coefficient (Wildman–Crippen LogP) is 4.91. The SMILES string of the molecule is CC(c1ccncc1)C(Cl)c1cc2ccccc2o1. The predicted molar refractivity (Wildman–Crippen MR) is 77.5 cm³/mol. The van der Waals surface area contributed by atoms with Crippen molar-refractivity contribution in [3.8, 4) is 0 Å². The molecule has 96 valence electrons. The van der Waals surface area contributed by atoms with Gasteiger partial charge in [-0.25, -0.2) is 0 Å². The molecule has 0 aliphatic heterocycles. The van der Waals surface area contributed by atoms with Gasteiger partial charge in [0.1, 0.15) is 11.3 Å². The molecule has 0 saturated carbocycles. The molecule has 0 N–H and O–H groups in total. The van der Waals surface area contributed by atoms with Gasteiger partial charge >= 0.3 is 0 Å². The highest BCUT2D eigenvalue weighted by molar-refractivity contribution is 6.21. The lowest BCUT2D eigenvalue weighted by Crippen LogP contribution is -2.01. The van der Waals surface area contributed by atoms with Crippen LogP contribution in [0.4, 0.5) is 0 Å². The number of nitrogens with zero attached hydrogens (tertiary/aromatic N) is 1. The Morgan fingerprint density at radius 2 is 1.84 bits per heavy atom. The summed E-state index contributed by atoms with van der Waals surface area (Å²) in [7, 11) is 0. The minimum atomic E-state index is -0.185. The average Bonchev–Trinajstić information content (AvgIpc) is 2.90. The fraction of sp³-hybridized carbons (Fsp3) is 0.188. The van der Waals surface area contributed by atoms with Crippen molar-refractivity contribution in [2.24, 2.45) is 0 Å². The van der Waals surface area contributed by atoms with Crippen molar-refractivity contribution >= 4 is 22.6 Å². The number of alkyl halides is 1. The van der Waals surface area contributed by atoms with E-state index in [0.29, 0.717) is 0 Å². The maximum absolute atomic E-state index is 6.55. The summed E-state index contributed by atoms with van der Waals surface area (Å²) in [6.45, 7) is 2.10. The van der Waals surface area contributed by atoms with Crippen LogP contribution in [-0.2, 0) is 0 Å². The van der Waals surface area contributed by atoms with Crippen molar-refractivity contribution in [1.82, 2.24) is 4.98 Å². The van der Waals surface area contributed by atoms with Crippen LogP contribution in [0.5, 0.6) is 0 Å². The molecule has 2 unspecified atom stereocenters. The highest BCUT2D eigenvalue weighted by Gasteiger charge is 2.21. The van der Waals surface area contributed by atoms with Gasteiger partial charge in [0.25, 0.3) is 0 Å². The van der Waals surface area contributed by atoms with Gasteiger partial charge < -0.3 is 4.42 Å². The molecule has 0 saturated heterocycles.